The minimum atomic E-state index is 1.23. The van der Waals surface area contributed by atoms with Crippen molar-refractivity contribution in [3.63, 3.8) is 0 Å². The summed E-state index contributed by atoms with van der Waals surface area (Å²) in [6.07, 6.45) is 0. The second-order valence-electron chi connectivity index (χ2n) is 9.31. The van der Waals surface area contributed by atoms with Crippen LogP contribution in [0.5, 0.6) is 0 Å². The van der Waals surface area contributed by atoms with Crippen molar-refractivity contribution in [1.29, 1.82) is 0 Å². The standard InChI is InChI=1S/C36H24/c1-2-11-25(12-3-1)30-18-8-9-19-33(30)36-34-22-21-27-14-5-7-17-29(27)32(34)23-24-35(36)31-20-10-15-26-13-4-6-16-28(26)31/h1-24H. The zero-order valence-electron chi connectivity index (χ0n) is 19.9. The van der Waals surface area contributed by atoms with Crippen LogP contribution in [0.25, 0.3) is 65.7 Å². The lowest BCUT2D eigenvalue weighted by molar-refractivity contribution is 1.59. The van der Waals surface area contributed by atoms with Crippen molar-refractivity contribution in [2.24, 2.45) is 0 Å². The van der Waals surface area contributed by atoms with E-state index in [0.29, 0.717) is 0 Å². The Hall–Kier alpha value is -4.68. The topological polar surface area (TPSA) is 0 Å². The Morgan fingerprint density at radius 2 is 0.833 bits per heavy atom. The third kappa shape index (κ3) is 3.31. The molecular formula is C36H24. The summed E-state index contributed by atoms with van der Waals surface area (Å²) in [5.41, 5.74) is 7.55. The van der Waals surface area contributed by atoms with Crippen LogP contribution in [-0.2, 0) is 0 Å². The monoisotopic (exact) mass is 456 g/mol. The molecule has 36 heavy (non-hydrogen) atoms. The number of fused-ring (bicyclic) bond motifs is 4. The molecule has 0 N–H and O–H groups in total. The molecule has 7 rings (SSSR count). The summed E-state index contributed by atoms with van der Waals surface area (Å²) < 4.78 is 0. The van der Waals surface area contributed by atoms with Crippen LogP contribution in [-0.4, -0.2) is 0 Å². The van der Waals surface area contributed by atoms with E-state index in [-0.39, 0.29) is 0 Å². The SMILES string of the molecule is c1ccc(-c2ccccc2-c2c(-c3cccc4ccccc34)ccc3c2ccc2ccccc23)cc1. The summed E-state index contributed by atoms with van der Waals surface area (Å²) in [7, 11) is 0. The second kappa shape index (κ2) is 8.52. The average Bonchev–Trinajstić information content (AvgIpc) is 2.96. The molecule has 0 heteroatoms. The molecule has 0 aliphatic rings. The van der Waals surface area contributed by atoms with Gasteiger partial charge < -0.3 is 0 Å². The highest BCUT2D eigenvalue weighted by Gasteiger charge is 2.18. The first-order valence-corrected chi connectivity index (χ1v) is 12.5. The van der Waals surface area contributed by atoms with Crippen LogP contribution in [0.4, 0.5) is 0 Å². The Labute approximate surface area is 211 Å². The molecule has 0 amide bonds. The molecule has 0 saturated carbocycles. The van der Waals surface area contributed by atoms with Crippen molar-refractivity contribution in [3.8, 4) is 33.4 Å². The molecule has 7 aromatic rings. The molecule has 0 aromatic heterocycles. The number of hydrogen-bond donors (Lipinski definition) is 0. The van der Waals surface area contributed by atoms with Gasteiger partial charge in [0, 0.05) is 0 Å². The van der Waals surface area contributed by atoms with Gasteiger partial charge in [-0.1, -0.05) is 146 Å². The van der Waals surface area contributed by atoms with Gasteiger partial charge in [-0.15, -0.1) is 0 Å². The smallest absolute Gasteiger partial charge is 0.00201 e. The fourth-order valence-electron chi connectivity index (χ4n) is 5.63. The molecule has 0 saturated heterocycles. The molecule has 0 radical (unpaired) electrons. The second-order valence-corrected chi connectivity index (χ2v) is 9.31. The molecule has 0 heterocycles. The van der Waals surface area contributed by atoms with Crippen LogP contribution in [0.2, 0.25) is 0 Å². The van der Waals surface area contributed by atoms with E-state index in [0.717, 1.165) is 0 Å². The van der Waals surface area contributed by atoms with Crippen LogP contribution < -0.4 is 0 Å². The minimum Gasteiger partial charge on any atom is -0.0622 e. The predicted octanol–water partition coefficient (Wildman–Crippen LogP) is 10.1. The zero-order valence-corrected chi connectivity index (χ0v) is 19.9. The van der Waals surface area contributed by atoms with E-state index in [1.54, 1.807) is 0 Å². The van der Waals surface area contributed by atoms with E-state index >= 15 is 0 Å². The minimum absolute atomic E-state index is 1.23. The average molecular weight is 457 g/mol. The van der Waals surface area contributed by atoms with Crippen LogP contribution in [0.15, 0.2) is 146 Å². The summed E-state index contributed by atoms with van der Waals surface area (Å²) in [5, 5.41) is 7.66. The molecule has 0 unspecified atom stereocenters. The number of benzene rings is 7. The molecule has 0 bridgehead atoms. The molecule has 0 fully saturated rings. The number of rotatable bonds is 3. The van der Waals surface area contributed by atoms with E-state index in [2.05, 4.69) is 146 Å². The van der Waals surface area contributed by atoms with Crippen LogP contribution in [0, 0.1) is 0 Å². The van der Waals surface area contributed by atoms with Gasteiger partial charge >= 0.3 is 0 Å². The summed E-state index contributed by atoms with van der Waals surface area (Å²) in [6, 6.07) is 52.8. The largest absolute Gasteiger partial charge is 0.0622 e. The first-order chi connectivity index (χ1) is 17.9. The van der Waals surface area contributed by atoms with Gasteiger partial charge in [0.05, 0.1) is 0 Å². The van der Waals surface area contributed by atoms with Gasteiger partial charge in [-0.2, -0.15) is 0 Å². The molecule has 0 nitrogen and oxygen atoms in total. The van der Waals surface area contributed by atoms with Gasteiger partial charge in [-0.3, -0.25) is 0 Å². The van der Waals surface area contributed by atoms with Gasteiger partial charge in [-0.25, -0.2) is 0 Å². The van der Waals surface area contributed by atoms with Gasteiger partial charge in [-0.05, 0) is 65.7 Å². The maximum atomic E-state index is 2.33. The van der Waals surface area contributed by atoms with E-state index in [1.807, 2.05) is 0 Å². The lowest BCUT2D eigenvalue weighted by Gasteiger charge is -2.19. The summed E-state index contributed by atoms with van der Waals surface area (Å²) in [5.74, 6) is 0. The molecule has 0 atom stereocenters. The highest BCUT2D eigenvalue weighted by atomic mass is 14.2. The van der Waals surface area contributed by atoms with Gasteiger partial charge in [0.15, 0.2) is 0 Å². The Balaban J connectivity index is 1.64. The van der Waals surface area contributed by atoms with Crippen molar-refractivity contribution in [2.75, 3.05) is 0 Å². The molecule has 0 aliphatic carbocycles. The van der Waals surface area contributed by atoms with Crippen LogP contribution in [0.3, 0.4) is 0 Å². The fraction of sp³-hybridized carbons (Fsp3) is 0. The van der Waals surface area contributed by atoms with E-state index < -0.39 is 0 Å². The number of hydrogen-bond acceptors (Lipinski definition) is 0. The van der Waals surface area contributed by atoms with Gasteiger partial charge in [0.25, 0.3) is 0 Å². The van der Waals surface area contributed by atoms with Crippen molar-refractivity contribution < 1.29 is 0 Å². The quantitative estimate of drug-likeness (QED) is 0.232. The van der Waals surface area contributed by atoms with Crippen LogP contribution >= 0.6 is 0 Å². The first-order valence-electron chi connectivity index (χ1n) is 12.5. The Morgan fingerprint density at radius 3 is 1.67 bits per heavy atom. The lowest BCUT2D eigenvalue weighted by atomic mass is 9.84. The molecule has 168 valence electrons. The summed E-state index contributed by atoms with van der Waals surface area (Å²) in [4.78, 5) is 0. The fourth-order valence-corrected chi connectivity index (χ4v) is 5.63. The molecule has 7 aromatic carbocycles. The summed E-state index contributed by atoms with van der Waals surface area (Å²) >= 11 is 0. The molecular weight excluding hydrogens is 432 g/mol. The summed E-state index contributed by atoms with van der Waals surface area (Å²) in [6.45, 7) is 0. The Bertz CT molecular complexity index is 1870. The highest BCUT2D eigenvalue weighted by molar-refractivity contribution is 6.17. The van der Waals surface area contributed by atoms with E-state index in [4.69, 9.17) is 0 Å². The van der Waals surface area contributed by atoms with Crippen molar-refractivity contribution in [3.05, 3.63) is 146 Å². The molecule has 0 spiro atoms. The van der Waals surface area contributed by atoms with Crippen molar-refractivity contribution in [1.82, 2.24) is 0 Å². The maximum Gasteiger partial charge on any atom is -0.00201 e. The Morgan fingerprint density at radius 1 is 0.250 bits per heavy atom. The third-order valence-electron chi connectivity index (χ3n) is 7.29. The van der Waals surface area contributed by atoms with Crippen molar-refractivity contribution in [2.45, 2.75) is 0 Å². The van der Waals surface area contributed by atoms with Crippen molar-refractivity contribution >= 4 is 32.3 Å². The van der Waals surface area contributed by atoms with Gasteiger partial charge in [0.1, 0.15) is 0 Å². The third-order valence-corrected chi connectivity index (χ3v) is 7.29. The predicted molar refractivity (Wildman–Crippen MR) is 155 cm³/mol. The first kappa shape index (κ1) is 20.7. The van der Waals surface area contributed by atoms with Crippen LogP contribution in [0.1, 0.15) is 0 Å². The lowest BCUT2D eigenvalue weighted by Crippen LogP contribution is -1.92. The molecule has 0 aliphatic heterocycles. The van der Waals surface area contributed by atoms with Gasteiger partial charge in [0.2, 0.25) is 0 Å². The Kier molecular flexibility index (Phi) is 4.89. The zero-order chi connectivity index (χ0) is 23.9. The van der Waals surface area contributed by atoms with E-state index in [9.17, 15) is 0 Å². The normalized spacial score (nSPS) is 11.3. The maximum absolute atomic E-state index is 2.33. The van der Waals surface area contributed by atoms with E-state index in [1.165, 1.54) is 65.7 Å². The highest BCUT2D eigenvalue weighted by Crippen LogP contribution is 2.45.